The molecule has 2 aromatic rings. The highest BCUT2D eigenvalue weighted by Gasteiger charge is 2.14. The Labute approximate surface area is 123 Å². The van der Waals surface area contributed by atoms with Crippen LogP contribution < -0.4 is 10.6 Å². The minimum absolute atomic E-state index is 0.0749. The largest absolute Gasteiger partial charge is 0.385 e. The Kier molecular flexibility index (Phi) is 3.60. The van der Waals surface area contributed by atoms with Gasteiger partial charge in [-0.25, -0.2) is 4.39 Å². The van der Waals surface area contributed by atoms with E-state index in [0.717, 1.165) is 30.6 Å². The number of carbonyl (C=O) groups is 1. The van der Waals surface area contributed by atoms with E-state index in [0.29, 0.717) is 5.69 Å². The van der Waals surface area contributed by atoms with Gasteiger partial charge in [-0.1, -0.05) is 11.6 Å². The van der Waals surface area contributed by atoms with Crippen LogP contribution in [0.5, 0.6) is 0 Å². The number of carbonyl (C=O) groups excluding carboxylic acids is 1. The van der Waals surface area contributed by atoms with Gasteiger partial charge in [0.05, 0.1) is 5.56 Å². The molecule has 0 aliphatic carbocycles. The van der Waals surface area contributed by atoms with E-state index in [9.17, 15) is 9.18 Å². The molecule has 0 spiro atoms. The van der Waals surface area contributed by atoms with Crippen LogP contribution in [-0.4, -0.2) is 12.5 Å². The van der Waals surface area contributed by atoms with Crippen molar-refractivity contribution in [2.45, 2.75) is 19.8 Å². The molecule has 3 nitrogen and oxygen atoms in total. The second-order valence-corrected chi connectivity index (χ2v) is 5.34. The molecule has 4 heteroatoms. The summed E-state index contributed by atoms with van der Waals surface area (Å²) < 4.78 is 13.7. The standard InChI is InChI=1S/C17H17FN2O/c1-11-4-6-15(18)14(9-11)17(21)20-13-5-7-16-12(10-13)3-2-8-19-16/h4-7,9-10,19H,2-3,8H2,1H3,(H,20,21). The predicted molar refractivity (Wildman–Crippen MR) is 82.3 cm³/mol. The van der Waals surface area contributed by atoms with Gasteiger partial charge in [-0.3, -0.25) is 4.79 Å². The first-order valence-corrected chi connectivity index (χ1v) is 7.08. The second kappa shape index (κ2) is 5.56. The van der Waals surface area contributed by atoms with Crippen LogP contribution in [0.2, 0.25) is 0 Å². The minimum Gasteiger partial charge on any atom is -0.385 e. The van der Waals surface area contributed by atoms with E-state index in [1.165, 1.54) is 11.6 Å². The molecule has 1 aliphatic rings. The summed E-state index contributed by atoms with van der Waals surface area (Å²) >= 11 is 0. The van der Waals surface area contributed by atoms with E-state index in [1.54, 1.807) is 12.1 Å². The maximum Gasteiger partial charge on any atom is 0.258 e. The second-order valence-electron chi connectivity index (χ2n) is 5.34. The first-order valence-electron chi connectivity index (χ1n) is 7.08. The molecule has 0 atom stereocenters. The van der Waals surface area contributed by atoms with E-state index in [2.05, 4.69) is 10.6 Å². The lowest BCUT2D eigenvalue weighted by molar-refractivity contribution is 0.102. The number of amides is 1. The van der Waals surface area contributed by atoms with Crippen molar-refractivity contribution in [1.29, 1.82) is 0 Å². The summed E-state index contributed by atoms with van der Waals surface area (Å²) in [6, 6.07) is 10.3. The van der Waals surface area contributed by atoms with Crippen molar-refractivity contribution in [3.05, 3.63) is 58.9 Å². The van der Waals surface area contributed by atoms with E-state index in [-0.39, 0.29) is 5.56 Å². The monoisotopic (exact) mass is 284 g/mol. The number of nitrogens with one attached hydrogen (secondary N) is 2. The average Bonchev–Trinajstić information content (AvgIpc) is 2.49. The summed E-state index contributed by atoms with van der Waals surface area (Å²) in [6.45, 7) is 2.81. The number of aryl methyl sites for hydroxylation is 2. The van der Waals surface area contributed by atoms with Gasteiger partial charge >= 0.3 is 0 Å². The molecule has 21 heavy (non-hydrogen) atoms. The van der Waals surface area contributed by atoms with E-state index in [4.69, 9.17) is 0 Å². The van der Waals surface area contributed by atoms with Gasteiger partial charge in [-0.2, -0.15) is 0 Å². The van der Waals surface area contributed by atoms with Crippen LogP contribution in [0.3, 0.4) is 0 Å². The Bertz CT molecular complexity index is 697. The quantitative estimate of drug-likeness (QED) is 0.882. The van der Waals surface area contributed by atoms with Crippen molar-refractivity contribution in [2.24, 2.45) is 0 Å². The maximum atomic E-state index is 13.7. The number of hydrogen-bond donors (Lipinski definition) is 2. The SMILES string of the molecule is Cc1ccc(F)c(C(=O)Nc2ccc3c(c2)CCCN3)c1. The van der Waals surface area contributed by atoms with Gasteiger partial charge in [0.1, 0.15) is 5.82 Å². The van der Waals surface area contributed by atoms with Crippen molar-refractivity contribution in [1.82, 2.24) is 0 Å². The number of halogens is 1. The highest BCUT2D eigenvalue weighted by atomic mass is 19.1. The van der Waals surface area contributed by atoms with Crippen LogP contribution in [0.4, 0.5) is 15.8 Å². The lowest BCUT2D eigenvalue weighted by atomic mass is 10.0. The molecule has 0 unspecified atom stereocenters. The zero-order chi connectivity index (χ0) is 14.8. The van der Waals surface area contributed by atoms with Crippen LogP contribution in [-0.2, 0) is 6.42 Å². The van der Waals surface area contributed by atoms with Gasteiger partial charge in [0.25, 0.3) is 5.91 Å². The molecular formula is C17H17FN2O. The fourth-order valence-electron chi connectivity index (χ4n) is 2.56. The van der Waals surface area contributed by atoms with Gasteiger partial charge in [0.2, 0.25) is 0 Å². The molecule has 1 heterocycles. The molecule has 0 saturated carbocycles. The highest BCUT2D eigenvalue weighted by Crippen LogP contribution is 2.25. The normalized spacial score (nSPS) is 13.2. The predicted octanol–water partition coefficient (Wildman–Crippen LogP) is 3.74. The summed E-state index contributed by atoms with van der Waals surface area (Å²) in [5.41, 5.74) is 3.93. The molecule has 0 aromatic heterocycles. The van der Waals surface area contributed by atoms with Gasteiger partial charge in [-0.05, 0) is 55.7 Å². The molecule has 108 valence electrons. The molecule has 2 N–H and O–H groups in total. The van der Waals surface area contributed by atoms with Crippen molar-refractivity contribution >= 4 is 17.3 Å². The third-order valence-electron chi connectivity index (χ3n) is 3.67. The number of fused-ring (bicyclic) bond motifs is 1. The van der Waals surface area contributed by atoms with Crippen LogP contribution in [0, 0.1) is 12.7 Å². The van der Waals surface area contributed by atoms with Crippen LogP contribution in [0.1, 0.15) is 27.9 Å². The van der Waals surface area contributed by atoms with E-state index >= 15 is 0 Å². The van der Waals surface area contributed by atoms with Gasteiger partial charge in [-0.15, -0.1) is 0 Å². The fraction of sp³-hybridized carbons (Fsp3) is 0.235. The Morgan fingerprint density at radius 1 is 1.24 bits per heavy atom. The molecule has 3 rings (SSSR count). The van der Waals surface area contributed by atoms with E-state index < -0.39 is 11.7 Å². The number of anilines is 2. The summed E-state index contributed by atoms with van der Waals surface area (Å²) in [6.07, 6.45) is 2.07. The third-order valence-corrected chi connectivity index (χ3v) is 3.67. The molecule has 0 bridgehead atoms. The highest BCUT2D eigenvalue weighted by molar-refractivity contribution is 6.04. The fourth-order valence-corrected chi connectivity index (χ4v) is 2.56. The first kappa shape index (κ1) is 13.6. The Morgan fingerprint density at radius 2 is 2.10 bits per heavy atom. The minimum atomic E-state index is -0.502. The number of hydrogen-bond acceptors (Lipinski definition) is 2. The molecule has 1 aliphatic heterocycles. The molecular weight excluding hydrogens is 267 g/mol. The average molecular weight is 284 g/mol. The molecule has 1 amide bonds. The van der Waals surface area contributed by atoms with Gasteiger partial charge in [0.15, 0.2) is 0 Å². The van der Waals surface area contributed by atoms with Crippen LogP contribution in [0.25, 0.3) is 0 Å². The summed E-state index contributed by atoms with van der Waals surface area (Å²) in [5.74, 6) is -0.919. The molecule has 0 fully saturated rings. The van der Waals surface area contributed by atoms with Crippen molar-refractivity contribution in [3.63, 3.8) is 0 Å². The van der Waals surface area contributed by atoms with Gasteiger partial charge in [0, 0.05) is 17.9 Å². The number of rotatable bonds is 2. The van der Waals surface area contributed by atoms with Crippen molar-refractivity contribution < 1.29 is 9.18 Å². The summed E-state index contributed by atoms with van der Waals surface area (Å²) in [4.78, 5) is 12.2. The molecule has 2 aromatic carbocycles. The molecule has 0 radical (unpaired) electrons. The number of benzene rings is 2. The smallest absolute Gasteiger partial charge is 0.258 e. The van der Waals surface area contributed by atoms with Crippen molar-refractivity contribution in [3.8, 4) is 0 Å². The Morgan fingerprint density at radius 3 is 2.95 bits per heavy atom. The van der Waals surface area contributed by atoms with Gasteiger partial charge < -0.3 is 10.6 Å². The lowest BCUT2D eigenvalue weighted by Gasteiger charge is -2.18. The van der Waals surface area contributed by atoms with Crippen LogP contribution in [0.15, 0.2) is 36.4 Å². The topological polar surface area (TPSA) is 41.1 Å². The maximum absolute atomic E-state index is 13.7. The lowest BCUT2D eigenvalue weighted by Crippen LogP contribution is -2.16. The summed E-state index contributed by atoms with van der Waals surface area (Å²) in [5, 5.41) is 6.09. The Balaban J connectivity index is 1.83. The van der Waals surface area contributed by atoms with Crippen LogP contribution >= 0.6 is 0 Å². The van der Waals surface area contributed by atoms with Crippen molar-refractivity contribution in [2.75, 3.05) is 17.2 Å². The first-order chi connectivity index (χ1) is 10.1. The van der Waals surface area contributed by atoms with E-state index in [1.807, 2.05) is 25.1 Å². The zero-order valence-corrected chi connectivity index (χ0v) is 11.9. The third kappa shape index (κ3) is 2.89. The zero-order valence-electron chi connectivity index (χ0n) is 11.9. The Hall–Kier alpha value is -2.36. The summed E-state index contributed by atoms with van der Waals surface area (Å²) in [7, 11) is 0. The molecule has 0 saturated heterocycles.